The van der Waals surface area contributed by atoms with Crippen LogP contribution in [0.3, 0.4) is 0 Å². The topological polar surface area (TPSA) is 21.3 Å². The maximum Gasteiger partial charge on any atom is 0.0664 e. The normalized spacial score (nSPS) is 13.0. The molecule has 0 saturated heterocycles. The summed E-state index contributed by atoms with van der Waals surface area (Å²) in [5.41, 5.74) is 1.19. The summed E-state index contributed by atoms with van der Waals surface area (Å²) < 4.78 is 6.80. The van der Waals surface area contributed by atoms with Crippen LogP contribution >= 0.6 is 34.2 Å². The summed E-state index contributed by atoms with van der Waals surface area (Å²) in [6, 6.07) is 6.40. The third-order valence-electron chi connectivity index (χ3n) is 2.58. The maximum atomic E-state index is 6.18. The van der Waals surface area contributed by atoms with E-state index in [-0.39, 0.29) is 12.1 Å². The van der Waals surface area contributed by atoms with Crippen LogP contribution in [0.25, 0.3) is 0 Å². The maximum absolute atomic E-state index is 6.18. The number of nitrogens with one attached hydrogen (secondary N) is 1. The van der Waals surface area contributed by atoms with E-state index >= 15 is 0 Å². The molecule has 0 aromatic heterocycles. The second-order valence-electron chi connectivity index (χ2n) is 4.56. The Balaban J connectivity index is 2.76. The van der Waals surface area contributed by atoms with E-state index in [0.29, 0.717) is 6.61 Å². The van der Waals surface area contributed by atoms with Crippen LogP contribution in [0, 0.1) is 3.57 Å². The van der Waals surface area contributed by atoms with Gasteiger partial charge in [-0.05, 0) is 67.1 Å². The smallest absolute Gasteiger partial charge is 0.0664 e. The van der Waals surface area contributed by atoms with Crippen molar-refractivity contribution in [1.82, 2.24) is 5.32 Å². The van der Waals surface area contributed by atoms with E-state index in [9.17, 15) is 0 Å². The SMILES string of the molecule is CCCNC(COC(C)C)c1ccc(I)c(Cl)c1. The van der Waals surface area contributed by atoms with Gasteiger partial charge in [0, 0.05) is 3.57 Å². The summed E-state index contributed by atoms with van der Waals surface area (Å²) in [7, 11) is 0. The molecule has 2 nitrogen and oxygen atoms in total. The van der Waals surface area contributed by atoms with Gasteiger partial charge in [0.25, 0.3) is 0 Å². The molecule has 0 aliphatic rings. The second kappa shape index (κ2) is 8.35. The highest BCUT2D eigenvalue weighted by Crippen LogP contribution is 2.23. The molecule has 18 heavy (non-hydrogen) atoms. The van der Waals surface area contributed by atoms with Gasteiger partial charge in [-0.25, -0.2) is 0 Å². The largest absolute Gasteiger partial charge is 0.377 e. The van der Waals surface area contributed by atoms with Crippen LogP contribution in [0.15, 0.2) is 18.2 Å². The number of hydrogen-bond donors (Lipinski definition) is 1. The number of ether oxygens (including phenoxy) is 1. The van der Waals surface area contributed by atoms with Crippen molar-refractivity contribution >= 4 is 34.2 Å². The highest BCUT2D eigenvalue weighted by atomic mass is 127. The Morgan fingerprint density at radius 1 is 1.39 bits per heavy atom. The molecule has 0 fully saturated rings. The second-order valence-corrected chi connectivity index (χ2v) is 6.13. The zero-order valence-electron chi connectivity index (χ0n) is 11.2. The molecule has 0 radical (unpaired) electrons. The Labute approximate surface area is 129 Å². The van der Waals surface area contributed by atoms with Crippen LogP contribution in [-0.4, -0.2) is 19.3 Å². The first-order valence-corrected chi connectivity index (χ1v) is 7.80. The van der Waals surface area contributed by atoms with Crippen molar-refractivity contribution in [3.63, 3.8) is 0 Å². The lowest BCUT2D eigenvalue weighted by atomic mass is 10.1. The van der Waals surface area contributed by atoms with E-state index in [1.54, 1.807) is 0 Å². The minimum atomic E-state index is 0.210. The Morgan fingerprint density at radius 2 is 2.11 bits per heavy atom. The predicted octanol–water partition coefficient (Wildman–Crippen LogP) is 4.41. The molecule has 1 aromatic rings. The lowest BCUT2D eigenvalue weighted by Gasteiger charge is -2.21. The van der Waals surface area contributed by atoms with E-state index in [0.717, 1.165) is 21.6 Å². The van der Waals surface area contributed by atoms with E-state index in [1.807, 2.05) is 12.1 Å². The van der Waals surface area contributed by atoms with E-state index in [4.69, 9.17) is 16.3 Å². The average molecular weight is 382 g/mol. The van der Waals surface area contributed by atoms with Gasteiger partial charge in [0.1, 0.15) is 0 Å². The van der Waals surface area contributed by atoms with Crippen molar-refractivity contribution in [2.45, 2.75) is 39.3 Å². The number of benzene rings is 1. The minimum absolute atomic E-state index is 0.210. The van der Waals surface area contributed by atoms with E-state index < -0.39 is 0 Å². The van der Waals surface area contributed by atoms with Crippen molar-refractivity contribution in [2.24, 2.45) is 0 Å². The van der Waals surface area contributed by atoms with E-state index in [2.05, 4.69) is 54.7 Å². The molecule has 1 N–H and O–H groups in total. The highest BCUT2D eigenvalue weighted by Gasteiger charge is 2.13. The average Bonchev–Trinajstić information content (AvgIpc) is 2.33. The highest BCUT2D eigenvalue weighted by molar-refractivity contribution is 14.1. The summed E-state index contributed by atoms with van der Waals surface area (Å²) in [5.74, 6) is 0. The predicted molar refractivity (Wildman–Crippen MR) is 86.3 cm³/mol. The lowest BCUT2D eigenvalue weighted by Crippen LogP contribution is -2.27. The summed E-state index contributed by atoms with van der Waals surface area (Å²) >= 11 is 8.42. The summed E-state index contributed by atoms with van der Waals surface area (Å²) in [5, 5.41) is 4.31. The molecular formula is C14H21ClINO. The Morgan fingerprint density at radius 3 is 2.67 bits per heavy atom. The van der Waals surface area contributed by atoms with Crippen LogP contribution in [0.2, 0.25) is 5.02 Å². The summed E-state index contributed by atoms with van der Waals surface area (Å²) in [4.78, 5) is 0. The number of halogens is 2. The number of rotatable bonds is 7. The first-order valence-electron chi connectivity index (χ1n) is 6.34. The van der Waals surface area contributed by atoms with Gasteiger partial charge < -0.3 is 10.1 Å². The Kier molecular flexibility index (Phi) is 7.53. The zero-order chi connectivity index (χ0) is 13.5. The minimum Gasteiger partial charge on any atom is -0.377 e. The van der Waals surface area contributed by atoms with Crippen LogP contribution in [0.4, 0.5) is 0 Å². The Bertz CT molecular complexity index is 371. The van der Waals surface area contributed by atoms with Gasteiger partial charge >= 0.3 is 0 Å². The molecule has 0 amide bonds. The molecule has 1 rings (SSSR count). The van der Waals surface area contributed by atoms with Crippen molar-refractivity contribution in [1.29, 1.82) is 0 Å². The van der Waals surface area contributed by atoms with Gasteiger partial charge in [-0.15, -0.1) is 0 Å². The van der Waals surface area contributed by atoms with Gasteiger partial charge in [0.05, 0.1) is 23.8 Å². The molecule has 0 aliphatic carbocycles. The van der Waals surface area contributed by atoms with Crippen LogP contribution in [0.5, 0.6) is 0 Å². The monoisotopic (exact) mass is 381 g/mol. The third kappa shape index (κ3) is 5.43. The van der Waals surface area contributed by atoms with Crippen LogP contribution < -0.4 is 5.32 Å². The van der Waals surface area contributed by atoms with Crippen molar-refractivity contribution < 1.29 is 4.74 Å². The Hall–Kier alpha value is 0.160. The van der Waals surface area contributed by atoms with Gasteiger partial charge in [-0.2, -0.15) is 0 Å². The van der Waals surface area contributed by atoms with E-state index in [1.165, 1.54) is 5.56 Å². The zero-order valence-corrected chi connectivity index (χ0v) is 14.1. The first-order chi connectivity index (χ1) is 8.54. The van der Waals surface area contributed by atoms with Crippen LogP contribution in [0.1, 0.15) is 38.8 Å². The van der Waals surface area contributed by atoms with Gasteiger partial charge in [-0.3, -0.25) is 0 Å². The van der Waals surface area contributed by atoms with Gasteiger partial charge in [-0.1, -0.05) is 24.6 Å². The molecule has 0 saturated carbocycles. The van der Waals surface area contributed by atoms with Crippen LogP contribution in [-0.2, 0) is 4.74 Å². The molecule has 4 heteroatoms. The van der Waals surface area contributed by atoms with Crippen molar-refractivity contribution in [2.75, 3.05) is 13.2 Å². The molecule has 0 aliphatic heterocycles. The molecular weight excluding hydrogens is 361 g/mol. The van der Waals surface area contributed by atoms with Gasteiger partial charge in [0.2, 0.25) is 0 Å². The first kappa shape index (κ1) is 16.2. The summed E-state index contributed by atoms with van der Waals surface area (Å²) in [6.07, 6.45) is 1.35. The fourth-order valence-electron chi connectivity index (χ4n) is 1.61. The molecule has 0 spiro atoms. The third-order valence-corrected chi connectivity index (χ3v) is 4.16. The molecule has 0 bridgehead atoms. The number of hydrogen-bond acceptors (Lipinski definition) is 2. The molecule has 1 unspecified atom stereocenters. The lowest BCUT2D eigenvalue weighted by molar-refractivity contribution is 0.0611. The van der Waals surface area contributed by atoms with Gasteiger partial charge in [0.15, 0.2) is 0 Å². The standard InChI is InChI=1S/C14H21ClINO/c1-4-7-17-14(9-18-10(2)3)11-5-6-13(16)12(15)8-11/h5-6,8,10,14,17H,4,7,9H2,1-3H3. The fourth-order valence-corrected chi connectivity index (χ4v) is 2.13. The fraction of sp³-hybridized carbons (Fsp3) is 0.571. The van der Waals surface area contributed by atoms with Crippen molar-refractivity contribution in [3.8, 4) is 0 Å². The molecule has 1 atom stereocenters. The summed E-state index contributed by atoms with van der Waals surface area (Å²) in [6.45, 7) is 7.92. The molecule has 1 aromatic carbocycles. The quantitative estimate of drug-likeness (QED) is 0.706. The molecule has 102 valence electrons. The van der Waals surface area contributed by atoms with Crippen molar-refractivity contribution in [3.05, 3.63) is 32.4 Å². The molecule has 0 heterocycles.